The molecule has 9 nitrogen and oxygen atoms in total. The van der Waals surface area contributed by atoms with E-state index in [0.717, 1.165) is 11.1 Å². The first-order valence-electron chi connectivity index (χ1n) is 11.6. The number of amides is 2. The van der Waals surface area contributed by atoms with Gasteiger partial charge >= 0.3 is 0 Å². The Hall–Kier alpha value is -4.15. The smallest absolute Gasteiger partial charge is 0.271 e. The molecule has 1 saturated heterocycles. The summed E-state index contributed by atoms with van der Waals surface area (Å²) in [6.45, 7) is 2.84. The van der Waals surface area contributed by atoms with Crippen molar-refractivity contribution in [3.05, 3.63) is 89.8 Å². The summed E-state index contributed by atoms with van der Waals surface area (Å²) < 4.78 is 20.5. The zero-order valence-electron chi connectivity index (χ0n) is 19.4. The number of rotatable bonds is 7. The molecule has 4 aromatic rings. The van der Waals surface area contributed by atoms with Crippen LogP contribution < -0.4 is 11.1 Å². The lowest BCUT2D eigenvalue weighted by Gasteiger charge is -2.35. The largest absolute Gasteiger partial charge is 0.379 e. The molecule has 1 unspecified atom stereocenters. The topological polar surface area (TPSA) is 115 Å². The van der Waals surface area contributed by atoms with Gasteiger partial charge in [0, 0.05) is 25.2 Å². The van der Waals surface area contributed by atoms with Crippen molar-refractivity contribution in [3.63, 3.8) is 0 Å². The van der Waals surface area contributed by atoms with Crippen molar-refractivity contribution in [2.75, 3.05) is 32.8 Å². The molecule has 0 bridgehead atoms. The Bertz CT molecular complexity index is 1380. The van der Waals surface area contributed by atoms with Gasteiger partial charge in [0.15, 0.2) is 11.3 Å². The number of ether oxygens (including phenoxy) is 1. The van der Waals surface area contributed by atoms with Crippen molar-refractivity contribution in [1.29, 1.82) is 0 Å². The van der Waals surface area contributed by atoms with E-state index in [9.17, 15) is 14.0 Å². The van der Waals surface area contributed by atoms with Crippen molar-refractivity contribution in [2.45, 2.75) is 6.04 Å². The number of imidazole rings is 1. The summed E-state index contributed by atoms with van der Waals surface area (Å²) >= 11 is 0. The van der Waals surface area contributed by atoms with E-state index in [4.69, 9.17) is 10.5 Å². The molecular formula is C26H25FN6O3. The van der Waals surface area contributed by atoms with Crippen LogP contribution in [0, 0.1) is 5.82 Å². The quantitative estimate of drug-likeness (QED) is 0.413. The number of carbonyl (C=O) groups is 2. The molecule has 2 amide bonds. The minimum atomic E-state index is -0.731. The highest BCUT2D eigenvalue weighted by Crippen LogP contribution is 2.24. The first kappa shape index (κ1) is 23.6. The molecule has 184 valence electrons. The maximum Gasteiger partial charge on any atom is 0.271 e. The first-order valence-corrected chi connectivity index (χ1v) is 11.6. The summed E-state index contributed by atoms with van der Waals surface area (Å²) in [5.74, 6) is -1.42. The predicted octanol–water partition coefficient (Wildman–Crippen LogP) is 2.44. The maximum atomic E-state index is 13.6. The first-order chi connectivity index (χ1) is 17.5. The molecule has 5 rings (SSSR count). The maximum absolute atomic E-state index is 13.6. The van der Waals surface area contributed by atoms with E-state index in [1.165, 1.54) is 22.9 Å². The fraction of sp³-hybridized carbons (Fsp3) is 0.231. The standard InChI is InChI=1S/C26H25FN6O3/c27-19-8-6-18(7-9-19)22(32-10-12-36-13-11-32)15-29-26(35)21-14-20(17-4-2-1-3-5-17)31-25-23(24(28)34)30-16-33(21)25/h1-9,14,16,22H,10-13,15H2,(H2,28,34)(H,29,35). The molecule has 0 spiro atoms. The highest BCUT2D eigenvalue weighted by molar-refractivity contribution is 5.99. The van der Waals surface area contributed by atoms with Crippen molar-refractivity contribution in [1.82, 2.24) is 24.6 Å². The lowest BCUT2D eigenvalue weighted by molar-refractivity contribution is 0.0162. The van der Waals surface area contributed by atoms with E-state index in [1.807, 2.05) is 30.3 Å². The average molecular weight is 489 g/mol. The van der Waals surface area contributed by atoms with E-state index in [0.29, 0.717) is 32.0 Å². The summed E-state index contributed by atoms with van der Waals surface area (Å²) in [4.78, 5) is 36.3. The van der Waals surface area contributed by atoms with Crippen LogP contribution in [-0.2, 0) is 4.74 Å². The molecule has 2 aromatic carbocycles. The highest BCUT2D eigenvalue weighted by atomic mass is 19.1. The fourth-order valence-corrected chi connectivity index (χ4v) is 4.39. The number of nitrogens with one attached hydrogen (secondary N) is 1. The zero-order chi connectivity index (χ0) is 25.1. The van der Waals surface area contributed by atoms with E-state index >= 15 is 0 Å². The molecular weight excluding hydrogens is 463 g/mol. The summed E-state index contributed by atoms with van der Waals surface area (Å²) in [5.41, 5.74) is 8.14. The summed E-state index contributed by atoms with van der Waals surface area (Å²) in [5, 5.41) is 3.01. The van der Waals surface area contributed by atoms with Crippen molar-refractivity contribution in [2.24, 2.45) is 5.73 Å². The molecule has 1 aliphatic rings. The molecule has 1 aliphatic heterocycles. The van der Waals surface area contributed by atoms with E-state index in [1.54, 1.807) is 18.2 Å². The SMILES string of the molecule is NC(=O)c1ncn2c(C(=O)NCC(c3ccc(F)cc3)N3CCOCC3)cc(-c3ccccc3)nc12. The van der Waals surface area contributed by atoms with Gasteiger partial charge in [-0.3, -0.25) is 18.9 Å². The number of morpholine rings is 1. The minimum Gasteiger partial charge on any atom is -0.379 e. The van der Waals surface area contributed by atoms with Crippen LogP contribution in [0.25, 0.3) is 16.9 Å². The third kappa shape index (κ3) is 4.81. The number of nitrogens with two attached hydrogens (primary N) is 1. The molecule has 0 radical (unpaired) electrons. The molecule has 10 heteroatoms. The summed E-state index contributed by atoms with van der Waals surface area (Å²) in [6, 6.07) is 17.1. The van der Waals surface area contributed by atoms with Crippen LogP contribution in [0.2, 0.25) is 0 Å². The number of aromatic nitrogens is 3. The molecule has 1 fully saturated rings. The monoisotopic (exact) mass is 488 g/mol. The Balaban J connectivity index is 1.48. The second-order valence-corrected chi connectivity index (χ2v) is 8.47. The third-order valence-corrected chi connectivity index (χ3v) is 6.23. The number of halogens is 1. The number of carbonyl (C=O) groups excluding carboxylic acids is 2. The highest BCUT2D eigenvalue weighted by Gasteiger charge is 2.25. The van der Waals surface area contributed by atoms with Gasteiger partial charge in [-0.25, -0.2) is 14.4 Å². The van der Waals surface area contributed by atoms with Gasteiger partial charge in [0.05, 0.1) is 24.9 Å². The van der Waals surface area contributed by atoms with Crippen LogP contribution in [0.15, 0.2) is 67.0 Å². The molecule has 36 heavy (non-hydrogen) atoms. The summed E-state index contributed by atoms with van der Waals surface area (Å²) in [6.07, 6.45) is 1.37. The number of primary amides is 1. The van der Waals surface area contributed by atoms with Crippen LogP contribution in [0.5, 0.6) is 0 Å². The molecule has 2 aromatic heterocycles. The normalized spacial score (nSPS) is 15.0. The molecule has 0 aliphatic carbocycles. The van der Waals surface area contributed by atoms with Crippen molar-refractivity contribution >= 4 is 17.5 Å². The van der Waals surface area contributed by atoms with Crippen LogP contribution in [0.4, 0.5) is 4.39 Å². The Kier molecular flexibility index (Phi) is 6.70. The number of fused-ring (bicyclic) bond motifs is 1. The fourth-order valence-electron chi connectivity index (χ4n) is 4.39. The number of nitrogens with zero attached hydrogens (tertiary/aromatic N) is 4. The minimum absolute atomic E-state index is 0.0145. The van der Waals surface area contributed by atoms with Crippen molar-refractivity contribution in [3.8, 4) is 11.3 Å². The average Bonchev–Trinajstić information content (AvgIpc) is 3.35. The van der Waals surface area contributed by atoms with Crippen molar-refractivity contribution < 1.29 is 18.7 Å². The lowest BCUT2D eigenvalue weighted by Crippen LogP contribution is -2.44. The van der Waals surface area contributed by atoms with Gasteiger partial charge in [0.2, 0.25) is 0 Å². The second-order valence-electron chi connectivity index (χ2n) is 8.47. The van der Waals surface area contributed by atoms with Gasteiger partial charge in [-0.05, 0) is 23.8 Å². The predicted molar refractivity (Wildman–Crippen MR) is 131 cm³/mol. The Morgan fingerprint density at radius 3 is 2.50 bits per heavy atom. The van der Waals surface area contributed by atoms with Gasteiger partial charge in [-0.1, -0.05) is 42.5 Å². The molecule has 3 N–H and O–H groups in total. The van der Waals surface area contributed by atoms with Crippen LogP contribution in [0.1, 0.15) is 32.6 Å². The van der Waals surface area contributed by atoms with Crippen LogP contribution in [-0.4, -0.2) is 63.9 Å². The van der Waals surface area contributed by atoms with Gasteiger partial charge in [-0.2, -0.15) is 0 Å². The molecule has 0 saturated carbocycles. The van der Waals surface area contributed by atoms with Gasteiger partial charge in [0.1, 0.15) is 17.8 Å². The lowest BCUT2D eigenvalue weighted by atomic mass is 10.0. The molecule has 3 heterocycles. The number of hydrogen-bond acceptors (Lipinski definition) is 6. The van der Waals surface area contributed by atoms with E-state index < -0.39 is 5.91 Å². The third-order valence-electron chi connectivity index (χ3n) is 6.23. The molecule has 1 atom stereocenters. The van der Waals surface area contributed by atoms with Gasteiger partial charge < -0.3 is 15.8 Å². The van der Waals surface area contributed by atoms with Gasteiger partial charge in [0.25, 0.3) is 11.8 Å². The van der Waals surface area contributed by atoms with E-state index in [2.05, 4.69) is 20.2 Å². The van der Waals surface area contributed by atoms with Gasteiger partial charge in [-0.15, -0.1) is 0 Å². The second kappa shape index (κ2) is 10.2. The Morgan fingerprint density at radius 1 is 1.08 bits per heavy atom. The number of hydrogen-bond donors (Lipinski definition) is 2. The Labute approximate surface area is 206 Å². The van der Waals surface area contributed by atoms with Crippen LogP contribution >= 0.6 is 0 Å². The Morgan fingerprint density at radius 2 is 1.81 bits per heavy atom. The number of benzene rings is 2. The summed E-state index contributed by atoms with van der Waals surface area (Å²) in [7, 11) is 0. The zero-order valence-corrected chi connectivity index (χ0v) is 19.4. The van der Waals surface area contributed by atoms with Crippen LogP contribution in [0.3, 0.4) is 0 Å². The van der Waals surface area contributed by atoms with E-state index in [-0.39, 0.29) is 41.3 Å².